The Hall–Kier alpha value is -1.68. The molecule has 1 aromatic rings. The van der Waals surface area contributed by atoms with E-state index in [0.717, 1.165) is 11.8 Å². The molecule has 1 aliphatic heterocycles. The summed E-state index contributed by atoms with van der Waals surface area (Å²) in [6.07, 6.45) is 2.05. The highest BCUT2D eigenvalue weighted by Crippen LogP contribution is 2.27. The number of aliphatic carboxylic acids is 1. The van der Waals surface area contributed by atoms with Crippen LogP contribution in [0.2, 0.25) is 0 Å². The average Bonchev–Trinajstić information content (AvgIpc) is 2.39. The SMILES string of the molecule is O=Cc1cccc(C2CC(C(=O)O)CCN2)c1. The van der Waals surface area contributed by atoms with E-state index in [4.69, 9.17) is 5.11 Å². The van der Waals surface area contributed by atoms with E-state index >= 15 is 0 Å². The quantitative estimate of drug-likeness (QED) is 0.779. The molecule has 1 heterocycles. The smallest absolute Gasteiger partial charge is 0.306 e. The lowest BCUT2D eigenvalue weighted by atomic mass is 9.88. The molecule has 0 spiro atoms. The monoisotopic (exact) mass is 233 g/mol. The second kappa shape index (κ2) is 5.10. The topological polar surface area (TPSA) is 66.4 Å². The van der Waals surface area contributed by atoms with Crippen molar-refractivity contribution in [3.63, 3.8) is 0 Å². The van der Waals surface area contributed by atoms with E-state index in [2.05, 4.69) is 5.32 Å². The minimum Gasteiger partial charge on any atom is -0.481 e. The van der Waals surface area contributed by atoms with Crippen LogP contribution in [0, 0.1) is 5.92 Å². The number of carboxylic acid groups (broad SMARTS) is 1. The zero-order valence-corrected chi connectivity index (χ0v) is 9.43. The van der Waals surface area contributed by atoms with Gasteiger partial charge in [-0.25, -0.2) is 0 Å². The third-order valence-electron chi connectivity index (χ3n) is 3.20. The molecule has 0 saturated carbocycles. The van der Waals surface area contributed by atoms with Crippen molar-refractivity contribution in [2.75, 3.05) is 6.54 Å². The normalized spacial score (nSPS) is 24.2. The molecule has 0 radical (unpaired) electrons. The Morgan fingerprint density at radius 2 is 2.29 bits per heavy atom. The summed E-state index contributed by atoms with van der Waals surface area (Å²) in [7, 11) is 0. The number of carbonyl (C=O) groups excluding carboxylic acids is 1. The maximum atomic E-state index is 11.0. The molecule has 4 heteroatoms. The maximum absolute atomic E-state index is 11.0. The van der Waals surface area contributed by atoms with E-state index < -0.39 is 5.97 Å². The highest BCUT2D eigenvalue weighted by molar-refractivity contribution is 5.75. The van der Waals surface area contributed by atoms with E-state index in [9.17, 15) is 9.59 Å². The van der Waals surface area contributed by atoms with Crippen LogP contribution in [0.5, 0.6) is 0 Å². The molecule has 2 N–H and O–H groups in total. The molecule has 0 aromatic heterocycles. The number of nitrogens with one attached hydrogen (secondary N) is 1. The number of benzene rings is 1. The van der Waals surface area contributed by atoms with Crippen LogP contribution in [-0.2, 0) is 4.79 Å². The Balaban J connectivity index is 2.15. The zero-order valence-electron chi connectivity index (χ0n) is 9.43. The van der Waals surface area contributed by atoms with Gasteiger partial charge in [0.2, 0.25) is 0 Å². The van der Waals surface area contributed by atoms with Gasteiger partial charge in [0.15, 0.2) is 0 Å². The molecule has 90 valence electrons. The Morgan fingerprint density at radius 1 is 1.47 bits per heavy atom. The van der Waals surface area contributed by atoms with Gasteiger partial charge in [0, 0.05) is 11.6 Å². The lowest BCUT2D eigenvalue weighted by molar-refractivity contribution is -0.143. The fourth-order valence-electron chi connectivity index (χ4n) is 2.24. The van der Waals surface area contributed by atoms with Gasteiger partial charge in [-0.3, -0.25) is 9.59 Å². The van der Waals surface area contributed by atoms with Crippen LogP contribution in [0.25, 0.3) is 0 Å². The van der Waals surface area contributed by atoms with Crippen molar-refractivity contribution in [2.24, 2.45) is 5.92 Å². The van der Waals surface area contributed by atoms with Crippen LogP contribution in [0.15, 0.2) is 24.3 Å². The van der Waals surface area contributed by atoms with Crippen LogP contribution >= 0.6 is 0 Å². The van der Waals surface area contributed by atoms with Crippen molar-refractivity contribution in [1.82, 2.24) is 5.32 Å². The van der Waals surface area contributed by atoms with Crippen molar-refractivity contribution in [3.8, 4) is 0 Å². The lowest BCUT2D eigenvalue weighted by Crippen LogP contribution is -2.34. The van der Waals surface area contributed by atoms with Gasteiger partial charge in [-0.15, -0.1) is 0 Å². The molecule has 1 aliphatic rings. The average molecular weight is 233 g/mol. The Labute approximate surface area is 99.6 Å². The van der Waals surface area contributed by atoms with Crippen molar-refractivity contribution in [3.05, 3.63) is 35.4 Å². The molecule has 0 bridgehead atoms. The summed E-state index contributed by atoms with van der Waals surface area (Å²) in [5.74, 6) is -1.02. The minimum atomic E-state index is -0.733. The van der Waals surface area contributed by atoms with Crippen molar-refractivity contribution in [2.45, 2.75) is 18.9 Å². The van der Waals surface area contributed by atoms with Gasteiger partial charge in [-0.05, 0) is 31.0 Å². The van der Waals surface area contributed by atoms with E-state index in [0.29, 0.717) is 24.9 Å². The maximum Gasteiger partial charge on any atom is 0.306 e. The number of rotatable bonds is 3. The summed E-state index contributed by atoms with van der Waals surface area (Å²) in [5.41, 5.74) is 1.61. The molecule has 4 nitrogen and oxygen atoms in total. The Bertz CT molecular complexity index is 430. The molecule has 17 heavy (non-hydrogen) atoms. The first kappa shape index (κ1) is 11.8. The molecular weight excluding hydrogens is 218 g/mol. The number of carboxylic acids is 1. The fourth-order valence-corrected chi connectivity index (χ4v) is 2.24. The predicted molar refractivity (Wildman–Crippen MR) is 62.9 cm³/mol. The summed E-state index contributed by atoms with van der Waals surface area (Å²) < 4.78 is 0. The Kier molecular flexibility index (Phi) is 3.54. The summed E-state index contributed by atoms with van der Waals surface area (Å²) in [4.78, 5) is 21.7. The van der Waals surface area contributed by atoms with Gasteiger partial charge in [-0.2, -0.15) is 0 Å². The molecular formula is C13H15NO3. The van der Waals surface area contributed by atoms with Crippen LogP contribution in [0.3, 0.4) is 0 Å². The highest BCUT2D eigenvalue weighted by atomic mass is 16.4. The first-order chi connectivity index (χ1) is 8.20. The second-order valence-electron chi connectivity index (χ2n) is 4.35. The zero-order chi connectivity index (χ0) is 12.3. The molecule has 0 aliphatic carbocycles. The van der Waals surface area contributed by atoms with Crippen molar-refractivity contribution < 1.29 is 14.7 Å². The summed E-state index contributed by atoms with van der Waals surface area (Å²) in [5, 5.41) is 12.3. The summed E-state index contributed by atoms with van der Waals surface area (Å²) >= 11 is 0. The van der Waals surface area contributed by atoms with Crippen molar-refractivity contribution >= 4 is 12.3 Å². The van der Waals surface area contributed by atoms with Crippen molar-refractivity contribution in [1.29, 1.82) is 0 Å². The summed E-state index contributed by atoms with van der Waals surface area (Å²) in [6.45, 7) is 0.701. The Morgan fingerprint density at radius 3 is 3.00 bits per heavy atom. The standard InChI is InChI=1S/C13H15NO3/c15-8-9-2-1-3-10(6-9)12-7-11(13(16)17)4-5-14-12/h1-3,6,8,11-12,14H,4-5,7H2,(H,16,17). The molecule has 2 atom stereocenters. The molecule has 2 unspecified atom stereocenters. The minimum absolute atomic E-state index is 0.0322. The first-order valence-electron chi connectivity index (χ1n) is 5.72. The third-order valence-corrected chi connectivity index (χ3v) is 3.20. The largest absolute Gasteiger partial charge is 0.481 e. The summed E-state index contributed by atoms with van der Waals surface area (Å²) in [6, 6.07) is 7.34. The van der Waals surface area contributed by atoms with E-state index in [-0.39, 0.29) is 12.0 Å². The van der Waals surface area contributed by atoms with Crippen LogP contribution in [-0.4, -0.2) is 23.9 Å². The van der Waals surface area contributed by atoms with Gasteiger partial charge in [-0.1, -0.05) is 18.2 Å². The van der Waals surface area contributed by atoms with E-state index in [1.54, 1.807) is 6.07 Å². The van der Waals surface area contributed by atoms with E-state index in [1.165, 1.54) is 0 Å². The molecule has 1 fully saturated rings. The molecule has 2 rings (SSSR count). The van der Waals surface area contributed by atoms with Gasteiger partial charge >= 0.3 is 5.97 Å². The van der Waals surface area contributed by atoms with Crippen LogP contribution in [0.4, 0.5) is 0 Å². The highest BCUT2D eigenvalue weighted by Gasteiger charge is 2.27. The van der Waals surface area contributed by atoms with Gasteiger partial charge in [0.25, 0.3) is 0 Å². The van der Waals surface area contributed by atoms with Crippen LogP contribution < -0.4 is 5.32 Å². The molecule has 1 saturated heterocycles. The lowest BCUT2D eigenvalue weighted by Gasteiger charge is -2.28. The third kappa shape index (κ3) is 2.71. The van der Waals surface area contributed by atoms with Gasteiger partial charge < -0.3 is 10.4 Å². The predicted octanol–water partition coefficient (Wildman–Crippen LogP) is 1.62. The van der Waals surface area contributed by atoms with Gasteiger partial charge in [0.1, 0.15) is 6.29 Å². The molecule has 1 aromatic carbocycles. The van der Waals surface area contributed by atoms with E-state index in [1.807, 2.05) is 18.2 Å². The number of hydrogen-bond acceptors (Lipinski definition) is 3. The number of aldehydes is 1. The number of hydrogen-bond donors (Lipinski definition) is 2. The fraction of sp³-hybridized carbons (Fsp3) is 0.385. The van der Waals surface area contributed by atoms with Crippen LogP contribution in [0.1, 0.15) is 34.8 Å². The number of carbonyl (C=O) groups is 2. The second-order valence-corrected chi connectivity index (χ2v) is 4.35. The number of piperidine rings is 1. The van der Waals surface area contributed by atoms with Gasteiger partial charge in [0.05, 0.1) is 5.92 Å². The first-order valence-corrected chi connectivity index (χ1v) is 5.72. The molecule has 0 amide bonds.